The van der Waals surface area contributed by atoms with Crippen LogP contribution in [0.5, 0.6) is 11.5 Å². The van der Waals surface area contributed by atoms with E-state index in [1.54, 1.807) is 18.2 Å². The number of benzene rings is 3. The van der Waals surface area contributed by atoms with Crippen molar-refractivity contribution in [3.8, 4) is 11.5 Å². The lowest BCUT2D eigenvalue weighted by Gasteiger charge is -2.15. The van der Waals surface area contributed by atoms with E-state index in [4.69, 9.17) is 9.47 Å². The molecule has 0 radical (unpaired) electrons. The van der Waals surface area contributed by atoms with E-state index in [9.17, 15) is 4.79 Å². The normalized spacial score (nSPS) is 11.1. The highest BCUT2D eigenvalue weighted by Gasteiger charge is 2.30. The number of hydrogen-bond donors (Lipinski definition) is 0. The third-order valence-corrected chi connectivity index (χ3v) is 4.98. The average molecular weight is 569 g/mol. The van der Waals surface area contributed by atoms with E-state index in [1.165, 1.54) is 0 Å². The average Bonchev–Trinajstić information content (AvgIpc) is 2.71. The maximum Gasteiger partial charge on any atom is 0.201 e. The van der Waals surface area contributed by atoms with Crippen molar-refractivity contribution in [2.45, 2.75) is 15.4 Å². The lowest BCUT2D eigenvalue weighted by molar-refractivity contribution is 0.101. The van der Waals surface area contributed by atoms with Crippen LogP contribution in [0.1, 0.15) is 21.5 Å². The Morgan fingerprint density at radius 1 is 0.714 bits per heavy atom. The molecule has 0 bridgehead atoms. The van der Waals surface area contributed by atoms with Crippen LogP contribution in [0.3, 0.4) is 0 Å². The third-order valence-electron chi connectivity index (χ3n) is 3.90. The smallest absolute Gasteiger partial charge is 0.201 e. The molecule has 0 aromatic heterocycles. The van der Waals surface area contributed by atoms with Crippen LogP contribution < -0.4 is 9.47 Å². The van der Waals surface area contributed by atoms with Gasteiger partial charge >= 0.3 is 0 Å². The highest BCUT2D eigenvalue weighted by Crippen LogP contribution is 2.38. The van der Waals surface area contributed by atoms with Crippen molar-refractivity contribution in [2.24, 2.45) is 0 Å². The minimum absolute atomic E-state index is 0.192. The molecule has 3 rings (SSSR count). The molecule has 6 heteroatoms. The number of carbonyl (C=O) groups is 1. The van der Waals surface area contributed by atoms with Gasteiger partial charge in [-0.15, -0.1) is 0 Å². The Bertz CT molecular complexity index is 861. The highest BCUT2D eigenvalue weighted by atomic mass is 80.0. The van der Waals surface area contributed by atoms with Crippen molar-refractivity contribution in [3.05, 3.63) is 95.6 Å². The van der Waals surface area contributed by atoms with E-state index < -0.39 is 2.14 Å². The topological polar surface area (TPSA) is 35.5 Å². The van der Waals surface area contributed by atoms with Gasteiger partial charge in [-0.05, 0) is 23.3 Å². The molecular weight excluding hydrogens is 552 g/mol. The molecule has 0 aliphatic carbocycles. The molecule has 3 aromatic rings. The van der Waals surface area contributed by atoms with Crippen molar-refractivity contribution < 1.29 is 14.3 Å². The maximum absolute atomic E-state index is 12.7. The van der Waals surface area contributed by atoms with Crippen LogP contribution in [0.15, 0.2) is 78.9 Å². The Labute approximate surface area is 189 Å². The van der Waals surface area contributed by atoms with Crippen molar-refractivity contribution in [1.82, 2.24) is 0 Å². The van der Waals surface area contributed by atoms with E-state index in [0.29, 0.717) is 30.3 Å². The molecule has 0 aliphatic rings. The number of hydrogen-bond acceptors (Lipinski definition) is 3. The first-order valence-electron chi connectivity index (χ1n) is 8.52. The molecule has 3 nitrogen and oxygen atoms in total. The van der Waals surface area contributed by atoms with Gasteiger partial charge in [0.25, 0.3) is 0 Å². The standard InChI is InChI=1S/C22H17Br3O3/c23-22(24,25)21(26)18-11-19(27-14-16-7-3-1-4-8-16)13-20(12-18)28-15-17-9-5-2-6-10-17/h1-13H,14-15H2. The summed E-state index contributed by atoms with van der Waals surface area (Å²) in [6.07, 6.45) is 0. The maximum atomic E-state index is 12.7. The molecule has 0 unspecified atom stereocenters. The fourth-order valence-corrected chi connectivity index (χ4v) is 3.20. The minimum atomic E-state index is -1.04. The SMILES string of the molecule is O=C(c1cc(OCc2ccccc2)cc(OCc2ccccc2)c1)C(Br)(Br)Br. The van der Waals surface area contributed by atoms with Crippen LogP contribution in [-0.2, 0) is 13.2 Å². The number of alkyl halides is 3. The molecule has 0 spiro atoms. The summed E-state index contributed by atoms with van der Waals surface area (Å²) in [5.41, 5.74) is 2.54. The van der Waals surface area contributed by atoms with Crippen LogP contribution in [0.25, 0.3) is 0 Å². The summed E-state index contributed by atoms with van der Waals surface area (Å²) in [6, 6.07) is 24.9. The first-order chi connectivity index (χ1) is 13.4. The Balaban J connectivity index is 1.82. The summed E-state index contributed by atoms with van der Waals surface area (Å²) in [7, 11) is 0. The largest absolute Gasteiger partial charge is 0.489 e. The van der Waals surface area contributed by atoms with Crippen molar-refractivity contribution in [2.75, 3.05) is 0 Å². The van der Waals surface area contributed by atoms with Crippen LogP contribution in [-0.4, -0.2) is 7.93 Å². The van der Waals surface area contributed by atoms with Crippen molar-refractivity contribution >= 4 is 53.6 Å². The lowest BCUT2D eigenvalue weighted by atomic mass is 10.1. The summed E-state index contributed by atoms with van der Waals surface area (Å²) >= 11 is 9.85. The number of rotatable bonds is 7. The number of ether oxygens (including phenoxy) is 2. The van der Waals surface area contributed by atoms with Crippen LogP contribution in [0.4, 0.5) is 0 Å². The van der Waals surface area contributed by atoms with Crippen LogP contribution in [0.2, 0.25) is 0 Å². The second-order valence-corrected chi connectivity index (χ2v) is 12.8. The summed E-state index contributed by atoms with van der Waals surface area (Å²) in [5.74, 6) is 0.936. The van der Waals surface area contributed by atoms with Gasteiger partial charge in [-0.3, -0.25) is 4.79 Å². The van der Waals surface area contributed by atoms with Crippen LogP contribution in [0, 0.1) is 0 Å². The minimum Gasteiger partial charge on any atom is -0.489 e. The van der Waals surface area contributed by atoms with Gasteiger partial charge in [-0.1, -0.05) is 108 Å². The van der Waals surface area contributed by atoms with Gasteiger partial charge in [-0.2, -0.15) is 0 Å². The van der Waals surface area contributed by atoms with Gasteiger partial charge in [0.15, 0.2) is 2.14 Å². The molecular formula is C22H17Br3O3. The molecule has 0 aliphatic heterocycles. The second-order valence-electron chi connectivity index (χ2n) is 6.07. The quantitative estimate of drug-likeness (QED) is 0.231. The van der Waals surface area contributed by atoms with Gasteiger partial charge in [-0.25, -0.2) is 0 Å². The molecule has 0 amide bonds. The highest BCUT2D eigenvalue weighted by molar-refractivity contribution is 9.40. The zero-order valence-electron chi connectivity index (χ0n) is 14.8. The predicted octanol–water partition coefficient (Wildman–Crippen LogP) is 6.87. The van der Waals surface area contributed by atoms with E-state index in [2.05, 4.69) is 47.8 Å². The number of carbonyl (C=O) groups excluding carboxylic acids is 1. The molecule has 144 valence electrons. The third kappa shape index (κ3) is 6.19. The van der Waals surface area contributed by atoms with Gasteiger partial charge in [0, 0.05) is 11.6 Å². The zero-order chi connectivity index (χ0) is 20.0. The molecule has 0 atom stereocenters. The number of Topliss-reactive ketones (excluding diaryl/α,β-unsaturated/α-hetero) is 1. The summed E-state index contributed by atoms with van der Waals surface area (Å²) in [5, 5.41) is 0. The second kappa shape index (κ2) is 9.72. The molecule has 28 heavy (non-hydrogen) atoms. The van der Waals surface area contributed by atoms with Gasteiger partial charge in [0.2, 0.25) is 5.78 Å². The number of ketones is 1. The first-order valence-corrected chi connectivity index (χ1v) is 10.9. The Morgan fingerprint density at radius 3 is 1.54 bits per heavy atom. The van der Waals surface area contributed by atoms with E-state index in [0.717, 1.165) is 11.1 Å². The monoisotopic (exact) mass is 566 g/mol. The van der Waals surface area contributed by atoms with Gasteiger partial charge in [0.05, 0.1) is 0 Å². The number of halogens is 3. The van der Waals surface area contributed by atoms with E-state index in [-0.39, 0.29) is 5.78 Å². The molecule has 0 heterocycles. The fourth-order valence-electron chi connectivity index (χ4n) is 2.51. The Morgan fingerprint density at radius 2 is 1.14 bits per heavy atom. The Kier molecular flexibility index (Phi) is 7.32. The summed E-state index contributed by atoms with van der Waals surface area (Å²) < 4.78 is 10.8. The summed E-state index contributed by atoms with van der Waals surface area (Å²) in [4.78, 5) is 12.7. The summed E-state index contributed by atoms with van der Waals surface area (Å²) in [6.45, 7) is 0.803. The molecule has 3 aromatic carbocycles. The molecule has 0 fully saturated rings. The van der Waals surface area contributed by atoms with Crippen molar-refractivity contribution in [1.29, 1.82) is 0 Å². The predicted molar refractivity (Wildman–Crippen MR) is 122 cm³/mol. The zero-order valence-corrected chi connectivity index (χ0v) is 19.5. The van der Waals surface area contributed by atoms with E-state index in [1.807, 2.05) is 60.7 Å². The lowest BCUT2D eigenvalue weighted by Crippen LogP contribution is -2.17. The van der Waals surface area contributed by atoms with Gasteiger partial charge < -0.3 is 9.47 Å². The van der Waals surface area contributed by atoms with Gasteiger partial charge in [0.1, 0.15) is 24.7 Å². The molecule has 0 N–H and O–H groups in total. The fraction of sp³-hybridized carbons (Fsp3) is 0.136. The molecule has 0 saturated heterocycles. The first kappa shape index (κ1) is 21.1. The van der Waals surface area contributed by atoms with E-state index >= 15 is 0 Å². The molecule has 0 saturated carbocycles. The Hall–Kier alpha value is -1.63. The van der Waals surface area contributed by atoms with Crippen molar-refractivity contribution in [3.63, 3.8) is 0 Å². The van der Waals surface area contributed by atoms with Crippen LogP contribution >= 0.6 is 47.8 Å².